The molecule has 190 valence electrons. The molecule has 0 radical (unpaired) electrons. The molecule has 1 aliphatic rings. The Morgan fingerprint density at radius 1 is 0.833 bits per heavy atom. The molecule has 4 rings (SSSR count). The predicted molar refractivity (Wildman–Crippen MR) is 144 cm³/mol. The summed E-state index contributed by atoms with van der Waals surface area (Å²) in [5.74, 6) is 1.57. The van der Waals surface area contributed by atoms with Crippen LogP contribution < -0.4 is 9.47 Å². The van der Waals surface area contributed by atoms with Crippen LogP contribution in [0.4, 0.5) is 0 Å². The second-order valence-corrected chi connectivity index (χ2v) is 9.16. The summed E-state index contributed by atoms with van der Waals surface area (Å²) in [4.78, 5) is 13.9. The molecule has 0 unspecified atom stereocenters. The molecule has 1 fully saturated rings. The van der Waals surface area contributed by atoms with Crippen LogP contribution in [0.15, 0.2) is 72.8 Å². The van der Waals surface area contributed by atoms with Gasteiger partial charge in [-0.15, -0.1) is 0 Å². The molecule has 3 aromatic rings. The van der Waals surface area contributed by atoms with Gasteiger partial charge in [0.15, 0.2) is 0 Å². The smallest absolute Gasteiger partial charge is 0.305 e. The standard InChI is InChI=1S/C31H37NO4/c1-2-34-31(33)10-7-22-35-28-15-11-25(12-16-28)24-27-8-3-4-9-30(27)26-13-17-29(18-14-26)36-23-21-32-19-5-6-20-32/h3-4,8-9,11-18H,2,5-7,10,19-24H2,1H3. The summed E-state index contributed by atoms with van der Waals surface area (Å²) in [6.07, 6.45) is 4.49. The Morgan fingerprint density at radius 2 is 1.50 bits per heavy atom. The number of carbonyl (C=O) groups is 1. The van der Waals surface area contributed by atoms with Crippen molar-refractivity contribution in [1.29, 1.82) is 0 Å². The summed E-state index contributed by atoms with van der Waals surface area (Å²) >= 11 is 0. The molecular weight excluding hydrogens is 450 g/mol. The van der Waals surface area contributed by atoms with Gasteiger partial charge in [-0.1, -0.05) is 48.5 Å². The van der Waals surface area contributed by atoms with Crippen molar-refractivity contribution in [3.8, 4) is 22.6 Å². The van der Waals surface area contributed by atoms with E-state index in [-0.39, 0.29) is 5.97 Å². The second kappa shape index (κ2) is 13.7. The molecule has 36 heavy (non-hydrogen) atoms. The first-order valence-electron chi connectivity index (χ1n) is 13.1. The quantitative estimate of drug-likeness (QED) is 0.214. The summed E-state index contributed by atoms with van der Waals surface area (Å²) < 4.78 is 16.7. The van der Waals surface area contributed by atoms with E-state index in [2.05, 4.69) is 65.6 Å². The zero-order valence-corrected chi connectivity index (χ0v) is 21.3. The minimum Gasteiger partial charge on any atom is -0.494 e. The fourth-order valence-electron chi connectivity index (χ4n) is 4.55. The highest BCUT2D eigenvalue weighted by molar-refractivity contribution is 5.69. The number of likely N-dealkylation sites (tertiary alicyclic amines) is 1. The van der Waals surface area contributed by atoms with Gasteiger partial charge in [0.05, 0.1) is 13.2 Å². The summed E-state index contributed by atoms with van der Waals surface area (Å²) in [5.41, 5.74) is 4.94. The van der Waals surface area contributed by atoms with E-state index in [0.717, 1.165) is 31.1 Å². The third kappa shape index (κ3) is 7.85. The molecule has 0 aliphatic carbocycles. The minimum absolute atomic E-state index is 0.171. The molecule has 0 N–H and O–H groups in total. The summed E-state index contributed by atoms with van der Waals surface area (Å²) in [6.45, 7) is 6.87. The molecule has 0 amide bonds. The number of ether oxygens (including phenoxy) is 3. The van der Waals surface area contributed by atoms with Crippen LogP contribution in [0.2, 0.25) is 0 Å². The van der Waals surface area contributed by atoms with E-state index in [9.17, 15) is 4.79 Å². The van der Waals surface area contributed by atoms with E-state index in [4.69, 9.17) is 14.2 Å². The van der Waals surface area contributed by atoms with Crippen molar-refractivity contribution in [2.24, 2.45) is 0 Å². The molecule has 5 heteroatoms. The Morgan fingerprint density at radius 3 is 2.22 bits per heavy atom. The normalized spacial score (nSPS) is 13.5. The van der Waals surface area contributed by atoms with Gasteiger partial charge >= 0.3 is 5.97 Å². The highest BCUT2D eigenvalue weighted by Crippen LogP contribution is 2.28. The maximum Gasteiger partial charge on any atom is 0.305 e. The first-order chi connectivity index (χ1) is 17.7. The van der Waals surface area contributed by atoms with Crippen molar-refractivity contribution >= 4 is 5.97 Å². The van der Waals surface area contributed by atoms with Crippen molar-refractivity contribution in [3.05, 3.63) is 83.9 Å². The monoisotopic (exact) mass is 487 g/mol. The van der Waals surface area contributed by atoms with Gasteiger partial charge in [0, 0.05) is 13.0 Å². The Labute approximate surface area is 215 Å². The number of carbonyl (C=O) groups excluding carboxylic acids is 1. The maximum atomic E-state index is 11.4. The number of hydrogen-bond acceptors (Lipinski definition) is 5. The van der Waals surface area contributed by atoms with Gasteiger partial charge in [0.2, 0.25) is 0 Å². The van der Waals surface area contributed by atoms with Crippen LogP contribution in [-0.4, -0.2) is 50.3 Å². The molecule has 1 heterocycles. The van der Waals surface area contributed by atoms with Gasteiger partial charge < -0.3 is 14.2 Å². The molecule has 1 aliphatic heterocycles. The highest BCUT2D eigenvalue weighted by atomic mass is 16.5. The Balaban J connectivity index is 1.29. The Kier molecular flexibility index (Phi) is 9.80. The SMILES string of the molecule is CCOC(=O)CCCOc1ccc(Cc2ccccc2-c2ccc(OCCN3CCCC3)cc2)cc1. The van der Waals surface area contributed by atoms with E-state index < -0.39 is 0 Å². The van der Waals surface area contributed by atoms with Crippen LogP contribution in [0.5, 0.6) is 11.5 Å². The lowest BCUT2D eigenvalue weighted by molar-refractivity contribution is -0.143. The van der Waals surface area contributed by atoms with Crippen LogP contribution >= 0.6 is 0 Å². The summed E-state index contributed by atoms with van der Waals surface area (Å²) in [6, 6.07) is 25.2. The third-order valence-corrected chi connectivity index (χ3v) is 6.47. The Hall–Kier alpha value is -3.31. The van der Waals surface area contributed by atoms with Crippen LogP contribution in [0.25, 0.3) is 11.1 Å². The van der Waals surface area contributed by atoms with E-state index in [1.165, 1.54) is 48.2 Å². The van der Waals surface area contributed by atoms with Crippen LogP contribution in [0.1, 0.15) is 43.7 Å². The zero-order chi connectivity index (χ0) is 25.0. The average Bonchev–Trinajstić information content (AvgIpc) is 3.42. The summed E-state index contributed by atoms with van der Waals surface area (Å²) in [7, 11) is 0. The van der Waals surface area contributed by atoms with Gasteiger partial charge in [-0.3, -0.25) is 9.69 Å². The van der Waals surface area contributed by atoms with Crippen LogP contribution in [0.3, 0.4) is 0 Å². The van der Waals surface area contributed by atoms with E-state index >= 15 is 0 Å². The molecule has 0 atom stereocenters. The number of rotatable bonds is 13. The van der Waals surface area contributed by atoms with Crippen molar-refractivity contribution in [2.45, 2.75) is 39.0 Å². The first kappa shape index (κ1) is 25.8. The second-order valence-electron chi connectivity index (χ2n) is 9.16. The lowest BCUT2D eigenvalue weighted by atomic mass is 9.95. The molecule has 0 saturated carbocycles. The van der Waals surface area contributed by atoms with Crippen molar-refractivity contribution < 1.29 is 19.0 Å². The molecule has 1 saturated heterocycles. The molecule has 3 aromatic carbocycles. The van der Waals surface area contributed by atoms with Crippen LogP contribution in [0, 0.1) is 0 Å². The van der Waals surface area contributed by atoms with Crippen molar-refractivity contribution in [3.63, 3.8) is 0 Å². The third-order valence-electron chi connectivity index (χ3n) is 6.47. The highest BCUT2D eigenvalue weighted by Gasteiger charge is 2.11. The molecule has 0 aromatic heterocycles. The maximum absolute atomic E-state index is 11.4. The van der Waals surface area contributed by atoms with E-state index in [1.807, 2.05) is 19.1 Å². The predicted octanol–water partition coefficient (Wildman–Crippen LogP) is 6.14. The number of nitrogens with zero attached hydrogens (tertiary/aromatic N) is 1. The molecule has 0 spiro atoms. The largest absolute Gasteiger partial charge is 0.494 e. The number of hydrogen-bond donors (Lipinski definition) is 0. The fourth-order valence-corrected chi connectivity index (χ4v) is 4.55. The minimum atomic E-state index is -0.171. The van der Waals surface area contributed by atoms with E-state index in [0.29, 0.717) is 26.1 Å². The van der Waals surface area contributed by atoms with Gasteiger partial charge in [0.25, 0.3) is 0 Å². The molecule has 0 bridgehead atoms. The lowest BCUT2D eigenvalue weighted by Gasteiger charge is -2.15. The van der Waals surface area contributed by atoms with Gasteiger partial charge in [-0.25, -0.2) is 0 Å². The average molecular weight is 488 g/mol. The number of benzene rings is 3. The van der Waals surface area contributed by atoms with Crippen molar-refractivity contribution in [1.82, 2.24) is 4.90 Å². The number of esters is 1. The van der Waals surface area contributed by atoms with Crippen molar-refractivity contribution in [2.75, 3.05) is 39.5 Å². The Bertz CT molecular complexity index is 1070. The topological polar surface area (TPSA) is 48.0 Å². The fraction of sp³-hybridized carbons (Fsp3) is 0.387. The van der Waals surface area contributed by atoms with Crippen LogP contribution in [-0.2, 0) is 16.0 Å². The zero-order valence-electron chi connectivity index (χ0n) is 21.3. The van der Waals surface area contributed by atoms with E-state index in [1.54, 1.807) is 0 Å². The first-order valence-corrected chi connectivity index (χ1v) is 13.1. The van der Waals surface area contributed by atoms with Gasteiger partial charge in [-0.2, -0.15) is 0 Å². The summed E-state index contributed by atoms with van der Waals surface area (Å²) in [5, 5.41) is 0. The van der Waals surface area contributed by atoms with Gasteiger partial charge in [0.1, 0.15) is 18.1 Å². The lowest BCUT2D eigenvalue weighted by Crippen LogP contribution is -2.25. The molecule has 5 nitrogen and oxygen atoms in total. The van der Waals surface area contributed by atoms with Gasteiger partial charge in [-0.05, 0) is 92.2 Å². The molecular formula is C31H37NO4.